The third kappa shape index (κ3) is 1.96. The number of fused-ring (bicyclic) bond motifs is 1. The lowest BCUT2D eigenvalue weighted by Crippen LogP contribution is -2.30. The Morgan fingerprint density at radius 1 is 1.24 bits per heavy atom. The van der Waals surface area contributed by atoms with E-state index in [9.17, 15) is 4.39 Å². The van der Waals surface area contributed by atoms with Crippen LogP contribution >= 0.6 is 0 Å². The van der Waals surface area contributed by atoms with Crippen LogP contribution in [-0.2, 0) is 0 Å². The van der Waals surface area contributed by atoms with Gasteiger partial charge in [-0.25, -0.2) is 4.39 Å². The summed E-state index contributed by atoms with van der Waals surface area (Å²) >= 11 is 0. The van der Waals surface area contributed by atoms with Crippen molar-refractivity contribution in [1.29, 1.82) is 0 Å². The molecule has 0 bridgehead atoms. The van der Waals surface area contributed by atoms with E-state index in [4.69, 9.17) is 10.0 Å². The normalized spacial score (nSPS) is 11.5. The Morgan fingerprint density at radius 3 is 2.41 bits per heavy atom. The molecule has 0 saturated carbocycles. The lowest BCUT2D eigenvalue weighted by molar-refractivity contribution is 0.425. The Morgan fingerprint density at radius 2 is 1.88 bits per heavy atom. The Bertz CT molecular complexity index is 563. The molecule has 1 aromatic heterocycles. The highest BCUT2D eigenvalue weighted by atomic mass is 19.1. The zero-order valence-electron chi connectivity index (χ0n) is 10.1. The zero-order valence-corrected chi connectivity index (χ0v) is 10.1. The molecule has 0 spiro atoms. The number of hydrogen-bond donors (Lipinski definition) is 2. The highest BCUT2D eigenvalue weighted by Crippen LogP contribution is 2.25. The van der Waals surface area contributed by atoms with E-state index in [0.717, 1.165) is 11.8 Å². The maximum Gasteiger partial charge on any atom is 0.488 e. The number of halogens is 1. The molecule has 3 nitrogen and oxygen atoms in total. The van der Waals surface area contributed by atoms with E-state index in [1.165, 1.54) is 0 Å². The van der Waals surface area contributed by atoms with Gasteiger partial charge in [0.1, 0.15) is 5.82 Å². The molecule has 2 rings (SSSR count). The minimum atomic E-state index is -1.65. The predicted molar refractivity (Wildman–Crippen MR) is 66.8 cm³/mol. The van der Waals surface area contributed by atoms with Gasteiger partial charge in [0.15, 0.2) is 0 Å². The number of benzene rings is 1. The molecule has 90 valence electrons. The van der Waals surface area contributed by atoms with Crippen LogP contribution in [0.2, 0.25) is 0 Å². The van der Waals surface area contributed by atoms with Crippen molar-refractivity contribution in [2.75, 3.05) is 0 Å². The molecule has 1 aromatic carbocycles. The molecule has 5 heteroatoms. The van der Waals surface area contributed by atoms with E-state index >= 15 is 0 Å². The summed E-state index contributed by atoms with van der Waals surface area (Å²) < 4.78 is 15.8. The highest BCUT2D eigenvalue weighted by molar-refractivity contribution is 6.58. The van der Waals surface area contributed by atoms with Crippen LogP contribution in [0.5, 0.6) is 0 Å². The molecule has 0 atom stereocenters. The molecular formula is C12H15BFNO2. The number of rotatable bonds is 2. The molecule has 0 aliphatic rings. The maximum absolute atomic E-state index is 13.8. The molecule has 0 unspecified atom stereocenters. The molecule has 0 saturated heterocycles. The summed E-state index contributed by atoms with van der Waals surface area (Å²) in [5.41, 5.74) is 1.83. The second-order valence-corrected chi connectivity index (χ2v) is 4.56. The van der Waals surface area contributed by atoms with Crippen molar-refractivity contribution >= 4 is 23.5 Å². The Labute approximate surface area is 99.6 Å². The maximum atomic E-state index is 13.8. The standard InChI is InChI=1S/C12H15BFNO2/c1-7(2)15-8(3)4-10-11(14)5-9(13(16)17)6-12(10)15/h4-7,16-17H,1-3H3. The van der Waals surface area contributed by atoms with Gasteiger partial charge in [-0.3, -0.25) is 0 Å². The van der Waals surface area contributed by atoms with Crippen molar-refractivity contribution in [1.82, 2.24) is 4.57 Å². The molecule has 0 fully saturated rings. The van der Waals surface area contributed by atoms with Crippen LogP contribution in [0.15, 0.2) is 18.2 Å². The summed E-state index contributed by atoms with van der Waals surface area (Å²) in [6, 6.07) is 4.75. The van der Waals surface area contributed by atoms with Gasteiger partial charge in [0, 0.05) is 17.1 Å². The van der Waals surface area contributed by atoms with Crippen molar-refractivity contribution in [3.8, 4) is 0 Å². The number of nitrogens with zero attached hydrogens (tertiary/aromatic N) is 1. The van der Waals surface area contributed by atoms with Gasteiger partial charge in [-0.2, -0.15) is 0 Å². The molecule has 0 aliphatic carbocycles. The molecule has 0 radical (unpaired) electrons. The zero-order chi connectivity index (χ0) is 12.7. The first-order chi connectivity index (χ1) is 7.91. The highest BCUT2D eigenvalue weighted by Gasteiger charge is 2.18. The fourth-order valence-corrected chi connectivity index (χ4v) is 2.27. The van der Waals surface area contributed by atoms with Crippen molar-refractivity contribution in [2.45, 2.75) is 26.8 Å². The molecular weight excluding hydrogens is 220 g/mol. The van der Waals surface area contributed by atoms with Crippen LogP contribution in [0.1, 0.15) is 25.6 Å². The van der Waals surface area contributed by atoms with Gasteiger partial charge < -0.3 is 14.6 Å². The van der Waals surface area contributed by atoms with Crippen molar-refractivity contribution in [3.63, 3.8) is 0 Å². The Balaban J connectivity index is 2.79. The fourth-order valence-electron chi connectivity index (χ4n) is 2.27. The lowest BCUT2D eigenvalue weighted by Gasteiger charge is -2.13. The molecule has 0 aliphatic heterocycles. The first kappa shape index (κ1) is 12.1. The van der Waals surface area contributed by atoms with Crippen molar-refractivity contribution in [3.05, 3.63) is 29.7 Å². The van der Waals surface area contributed by atoms with Crippen LogP contribution < -0.4 is 5.46 Å². The quantitative estimate of drug-likeness (QED) is 0.771. The number of aromatic nitrogens is 1. The molecule has 2 aromatic rings. The summed E-state index contributed by atoms with van der Waals surface area (Å²) in [5, 5.41) is 18.8. The van der Waals surface area contributed by atoms with Crippen molar-refractivity contribution in [2.24, 2.45) is 0 Å². The predicted octanol–water partition coefficient (Wildman–Crippen LogP) is 1.35. The van der Waals surface area contributed by atoms with Crippen LogP contribution in [0.3, 0.4) is 0 Å². The first-order valence-corrected chi connectivity index (χ1v) is 5.59. The van der Waals surface area contributed by atoms with Gasteiger partial charge in [-0.05, 0) is 44.4 Å². The van der Waals surface area contributed by atoms with Gasteiger partial charge in [-0.15, -0.1) is 0 Å². The third-order valence-corrected chi connectivity index (χ3v) is 2.94. The number of aryl methyl sites for hydroxylation is 1. The van der Waals surface area contributed by atoms with Crippen LogP contribution in [0.4, 0.5) is 4.39 Å². The summed E-state index contributed by atoms with van der Waals surface area (Å²) in [6.07, 6.45) is 0. The Hall–Kier alpha value is -1.33. The van der Waals surface area contributed by atoms with Gasteiger partial charge in [0.05, 0.1) is 5.52 Å². The SMILES string of the molecule is Cc1cc2c(F)cc(B(O)O)cc2n1C(C)C. The number of hydrogen-bond acceptors (Lipinski definition) is 2. The second-order valence-electron chi connectivity index (χ2n) is 4.56. The minimum absolute atomic E-state index is 0.176. The third-order valence-electron chi connectivity index (χ3n) is 2.94. The van der Waals surface area contributed by atoms with Gasteiger partial charge in [-0.1, -0.05) is 0 Å². The molecule has 17 heavy (non-hydrogen) atoms. The minimum Gasteiger partial charge on any atom is -0.423 e. The lowest BCUT2D eigenvalue weighted by atomic mass is 9.80. The summed E-state index contributed by atoms with van der Waals surface area (Å²) in [7, 11) is -1.65. The first-order valence-electron chi connectivity index (χ1n) is 5.59. The van der Waals surface area contributed by atoms with Gasteiger partial charge >= 0.3 is 7.12 Å². The monoisotopic (exact) mass is 235 g/mol. The van der Waals surface area contributed by atoms with E-state index in [1.54, 1.807) is 12.1 Å². The molecule has 1 heterocycles. The summed E-state index contributed by atoms with van der Waals surface area (Å²) in [6.45, 7) is 5.92. The molecule has 2 N–H and O–H groups in total. The average molecular weight is 235 g/mol. The summed E-state index contributed by atoms with van der Waals surface area (Å²) in [4.78, 5) is 0. The van der Waals surface area contributed by atoms with E-state index in [-0.39, 0.29) is 11.5 Å². The topological polar surface area (TPSA) is 45.4 Å². The molecule has 0 amide bonds. The van der Waals surface area contributed by atoms with Gasteiger partial charge in [0.25, 0.3) is 0 Å². The van der Waals surface area contributed by atoms with Gasteiger partial charge in [0.2, 0.25) is 0 Å². The van der Waals surface area contributed by atoms with Crippen LogP contribution in [-0.4, -0.2) is 21.7 Å². The second kappa shape index (κ2) is 4.16. The Kier molecular flexibility index (Phi) is 2.97. The van der Waals surface area contributed by atoms with E-state index in [2.05, 4.69) is 0 Å². The fraction of sp³-hybridized carbons (Fsp3) is 0.333. The van der Waals surface area contributed by atoms with E-state index < -0.39 is 12.9 Å². The summed E-state index contributed by atoms with van der Waals surface area (Å²) in [5.74, 6) is -0.423. The van der Waals surface area contributed by atoms with Crippen LogP contribution in [0, 0.1) is 12.7 Å². The van der Waals surface area contributed by atoms with Crippen LogP contribution in [0.25, 0.3) is 10.9 Å². The average Bonchev–Trinajstić information content (AvgIpc) is 2.54. The van der Waals surface area contributed by atoms with Crippen molar-refractivity contribution < 1.29 is 14.4 Å². The largest absolute Gasteiger partial charge is 0.488 e. The van der Waals surface area contributed by atoms with E-state index in [1.807, 2.05) is 25.3 Å². The smallest absolute Gasteiger partial charge is 0.423 e. The van der Waals surface area contributed by atoms with E-state index in [0.29, 0.717) is 10.9 Å².